The maximum Gasteiger partial charge on any atom is 0.254 e. The van der Waals surface area contributed by atoms with Crippen LogP contribution in [0.15, 0.2) is 60.0 Å². The summed E-state index contributed by atoms with van der Waals surface area (Å²) in [7, 11) is 0. The molecular weight excluding hydrogens is 431 g/mol. The summed E-state index contributed by atoms with van der Waals surface area (Å²) in [6, 6.07) is 14.5. The number of aromatic nitrogens is 1. The van der Waals surface area contributed by atoms with Crippen LogP contribution in [0.4, 0.5) is 15.2 Å². The summed E-state index contributed by atoms with van der Waals surface area (Å²) in [4.78, 5) is 43.1. The van der Waals surface area contributed by atoms with E-state index in [1.807, 2.05) is 19.9 Å². The molecule has 2 aromatic carbocycles. The second kappa shape index (κ2) is 10.6. The van der Waals surface area contributed by atoms with Gasteiger partial charge >= 0.3 is 0 Å². The third-order valence-electron chi connectivity index (χ3n) is 4.51. The summed E-state index contributed by atoms with van der Waals surface area (Å²) in [5, 5.41) is 7.13. The number of carbonyl (C=O) groups excluding carboxylic acids is 3. The molecule has 1 heterocycles. The highest BCUT2D eigenvalue weighted by Crippen LogP contribution is 2.18. The number of carbonyl (C=O) groups is 3. The lowest BCUT2D eigenvalue weighted by Gasteiger charge is -2.26. The molecule has 3 aromatic rings. The zero-order valence-electron chi connectivity index (χ0n) is 17.7. The van der Waals surface area contributed by atoms with Gasteiger partial charge in [-0.15, -0.1) is 11.3 Å². The number of thiazole rings is 1. The highest BCUT2D eigenvalue weighted by molar-refractivity contribution is 7.13. The molecule has 0 aliphatic rings. The molecule has 2 N–H and O–H groups in total. The average Bonchev–Trinajstić information content (AvgIpc) is 3.20. The zero-order valence-corrected chi connectivity index (χ0v) is 18.5. The van der Waals surface area contributed by atoms with Crippen molar-refractivity contribution in [2.45, 2.75) is 26.3 Å². The first-order valence-corrected chi connectivity index (χ1v) is 10.9. The van der Waals surface area contributed by atoms with Gasteiger partial charge in [0.1, 0.15) is 12.4 Å². The Hall–Kier alpha value is -3.59. The number of amides is 3. The van der Waals surface area contributed by atoms with Gasteiger partial charge in [-0.1, -0.05) is 30.3 Å². The van der Waals surface area contributed by atoms with Gasteiger partial charge in [0.15, 0.2) is 5.13 Å². The van der Waals surface area contributed by atoms with Crippen molar-refractivity contribution in [3.8, 4) is 0 Å². The first kappa shape index (κ1) is 23.1. The molecule has 9 heteroatoms. The van der Waals surface area contributed by atoms with Crippen molar-refractivity contribution in [3.63, 3.8) is 0 Å². The molecule has 3 amide bonds. The smallest absolute Gasteiger partial charge is 0.254 e. The average molecular weight is 455 g/mol. The van der Waals surface area contributed by atoms with E-state index >= 15 is 0 Å². The third-order valence-corrected chi connectivity index (χ3v) is 5.31. The highest BCUT2D eigenvalue weighted by atomic mass is 32.1. The Morgan fingerprint density at radius 1 is 1.00 bits per heavy atom. The Morgan fingerprint density at radius 3 is 2.38 bits per heavy atom. The van der Waals surface area contributed by atoms with E-state index in [4.69, 9.17) is 0 Å². The van der Waals surface area contributed by atoms with Crippen molar-refractivity contribution in [1.82, 2.24) is 9.88 Å². The molecule has 0 saturated carbocycles. The highest BCUT2D eigenvalue weighted by Gasteiger charge is 2.22. The topological polar surface area (TPSA) is 91.4 Å². The van der Waals surface area contributed by atoms with Crippen molar-refractivity contribution in [2.75, 3.05) is 17.2 Å². The summed E-state index contributed by atoms with van der Waals surface area (Å²) in [5.74, 6) is -1.57. The van der Waals surface area contributed by atoms with Crippen LogP contribution in [0.25, 0.3) is 0 Å². The summed E-state index contributed by atoms with van der Waals surface area (Å²) in [5.41, 5.74) is 1.05. The van der Waals surface area contributed by atoms with E-state index < -0.39 is 11.7 Å². The number of benzene rings is 2. The van der Waals surface area contributed by atoms with Gasteiger partial charge in [0.2, 0.25) is 11.8 Å². The summed E-state index contributed by atoms with van der Waals surface area (Å²) in [6.07, 6.45) is -0.0642. The molecule has 0 aliphatic carbocycles. The minimum atomic E-state index is -0.521. The van der Waals surface area contributed by atoms with Crippen LogP contribution in [0, 0.1) is 5.82 Å². The summed E-state index contributed by atoms with van der Waals surface area (Å²) in [6.45, 7) is 3.54. The van der Waals surface area contributed by atoms with Crippen LogP contribution in [0.3, 0.4) is 0 Å². The van der Waals surface area contributed by atoms with Gasteiger partial charge in [-0.05, 0) is 38.1 Å². The molecule has 0 atom stereocenters. The molecule has 3 rings (SSSR count). The fourth-order valence-electron chi connectivity index (χ4n) is 2.92. The fraction of sp³-hybridized carbons (Fsp3) is 0.217. The Morgan fingerprint density at radius 2 is 1.69 bits per heavy atom. The normalized spacial score (nSPS) is 10.6. The maximum absolute atomic E-state index is 13.7. The number of para-hydroxylation sites is 1. The molecule has 7 nitrogen and oxygen atoms in total. The lowest BCUT2D eigenvalue weighted by molar-refractivity contribution is -0.117. The van der Waals surface area contributed by atoms with E-state index in [0.29, 0.717) is 16.4 Å². The Bertz CT molecular complexity index is 1100. The van der Waals surface area contributed by atoms with Crippen molar-refractivity contribution in [2.24, 2.45) is 0 Å². The molecule has 0 saturated heterocycles. The number of hydrogen-bond donors (Lipinski definition) is 2. The molecule has 0 radical (unpaired) electrons. The Kier molecular flexibility index (Phi) is 7.67. The number of nitrogens with one attached hydrogen (secondary N) is 2. The molecule has 166 valence electrons. The Labute approximate surface area is 189 Å². The first-order valence-electron chi connectivity index (χ1n) is 9.98. The molecule has 1 aromatic heterocycles. The van der Waals surface area contributed by atoms with Crippen LogP contribution in [0.2, 0.25) is 0 Å². The number of anilines is 2. The molecule has 32 heavy (non-hydrogen) atoms. The predicted molar refractivity (Wildman–Crippen MR) is 122 cm³/mol. The molecule has 0 bridgehead atoms. The molecule has 0 aliphatic heterocycles. The number of halogens is 1. The van der Waals surface area contributed by atoms with Crippen LogP contribution < -0.4 is 10.6 Å². The van der Waals surface area contributed by atoms with Crippen molar-refractivity contribution in [3.05, 3.63) is 77.1 Å². The van der Waals surface area contributed by atoms with Crippen LogP contribution in [-0.4, -0.2) is 40.2 Å². The maximum atomic E-state index is 13.7. The van der Waals surface area contributed by atoms with Crippen molar-refractivity contribution < 1.29 is 18.8 Å². The van der Waals surface area contributed by atoms with Gasteiger partial charge in [0.25, 0.3) is 5.91 Å². The largest absolute Gasteiger partial charge is 0.327 e. The van der Waals surface area contributed by atoms with E-state index in [1.54, 1.807) is 35.7 Å². The molecule has 0 unspecified atom stereocenters. The van der Waals surface area contributed by atoms with E-state index in [-0.39, 0.29) is 36.5 Å². The van der Waals surface area contributed by atoms with E-state index in [1.165, 1.54) is 34.4 Å². The van der Waals surface area contributed by atoms with Crippen LogP contribution in [-0.2, 0) is 16.0 Å². The first-order chi connectivity index (χ1) is 15.3. The van der Waals surface area contributed by atoms with Crippen molar-refractivity contribution >= 4 is 39.9 Å². The van der Waals surface area contributed by atoms with Gasteiger partial charge in [-0.2, -0.15) is 0 Å². The third kappa shape index (κ3) is 6.21. The monoisotopic (exact) mass is 454 g/mol. The number of nitrogens with zero attached hydrogens (tertiary/aromatic N) is 2. The van der Waals surface area contributed by atoms with E-state index in [9.17, 15) is 18.8 Å². The van der Waals surface area contributed by atoms with Crippen LogP contribution in [0.5, 0.6) is 0 Å². The van der Waals surface area contributed by atoms with E-state index in [0.717, 1.165) is 0 Å². The summed E-state index contributed by atoms with van der Waals surface area (Å²) >= 11 is 1.17. The molecular formula is C23H23FN4O3S. The fourth-order valence-corrected chi connectivity index (χ4v) is 3.64. The SMILES string of the molecule is CC(C)N(CC(=O)Nc1nc(CC(=O)Nc2ccccc2F)cs1)C(=O)c1ccccc1. The zero-order chi connectivity index (χ0) is 23.1. The quantitative estimate of drug-likeness (QED) is 0.539. The number of hydrogen-bond acceptors (Lipinski definition) is 5. The Balaban J connectivity index is 1.57. The van der Waals surface area contributed by atoms with Crippen molar-refractivity contribution in [1.29, 1.82) is 0 Å². The summed E-state index contributed by atoms with van der Waals surface area (Å²) < 4.78 is 13.7. The lowest BCUT2D eigenvalue weighted by atomic mass is 10.1. The minimum Gasteiger partial charge on any atom is -0.327 e. The second-order valence-electron chi connectivity index (χ2n) is 7.29. The minimum absolute atomic E-state index is 0.0642. The van der Waals surface area contributed by atoms with Crippen LogP contribution in [0.1, 0.15) is 29.9 Å². The molecule has 0 spiro atoms. The van der Waals surface area contributed by atoms with Gasteiger partial charge in [-0.25, -0.2) is 9.37 Å². The van der Waals surface area contributed by atoms with Gasteiger partial charge in [0.05, 0.1) is 17.8 Å². The van der Waals surface area contributed by atoms with Gasteiger partial charge < -0.3 is 15.5 Å². The lowest BCUT2D eigenvalue weighted by Crippen LogP contribution is -2.42. The second-order valence-corrected chi connectivity index (χ2v) is 8.15. The predicted octanol–water partition coefficient (Wildman–Crippen LogP) is 3.95. The van der Waals surface area contributed by atoms with Crippen LogP contribution >= 0.6 is 11.3 Å². The molecule has 0 fully saturated rings. The van der Waals surface area contributed by atoms with E-state index in [2.05, 4.69) is 15.6 Å². The standard InChI is InChI=1S/C23H23FN4O3S/c1-15(2)28(22(31)16-8-4-3-5-9-16)13-21(30)27-23-25-17(14-32-23)12-20(29)26-19-11-7-6-10-18(19)24/h3-11,14-15H,12-13H2,1-2H3,(H,26,29)(H,25,27,30). The van der Waals surface area contributed by atoms with Gasteiger partial charge in [0, 0.05) is 17.0 Å². The van der Waals surface area contributed by atoms with Gasteiger partial charge in [-0.3, -0.25) is 14.4 Å². The number of rotatable bonds is 8.